The second-order valence-corrected chi connectivity index (χ2v) is 7.42. The summed E-state index contributed by atoms with van der Waals surface area (Å²) in [5, 5.41) is 0. The normalized spacial score (nSPS) is 11.2. The van der Waals surface area contributed by atoms with Crippen LogP contribution in [0.15, 0.2) is 39.9 Å². The van der Waals surface area contributed by atoms with Crippen molar-refractivity contribution in [3.05, 3.63) is 56.7 Å². The molecular formula is C22H30N4O4. The van der Waals surface area contributed by atoms with E-state index >= 15 is 0 Å². The number of carbonyl (C=O) groups excluding carboxylic acids is 1. The highest BCUT2D eigenvalue weighted by Gasteiger charge is 2.23. The van der Waals surface area contributed by atoms with E-state index in [0.717, 1.165) is 12.0 Å². The van der Waals surface area contributed by atoms with Gasteiger partial charge in [0.2, 0.25) is 0 Å². The fourth-order valence-electron chi connectivity index (χ4n) is 3.09. The molecule has 162 valence electrons. The number of benzene rings is 1. The van der Waals surface area contributed by atoms with Gasteiger partial charge in [0.05, 0.1) is 7.11 Å². The van der Waals surface area contributed by atoms with Gasteiger partial charge in [0.25, 0.3) is 11.5 Å². The summed E-state index contributed by atoms with van der Waals surface area (Å²) in [6.45, 7) is 6.50. The van der Waals surface area contributed by atoms with E-state index < -0.39 is 17.2 Å². The van der Waals surface area contributed by atoms with E-state index in [4.69, 9.17) is 10.5 Å². The van der Waals surface area contributed by atoms with Crippen LogP contribution in [0.25, 0.3) is 6.08 Å². The van der Waals surface area contributed by atoms with Gasteiger partial charge in [0, 0.05) is 24.7 Å². The molecule has 1 aromatic heterocycles. The molecular weight excluding hydrogens is 384 g/mol. The molecule has 0 fully saturated rings. The lowest BCUT2D eigenvalue weighted by Crippen LogP contribution is -2.41. The summed E-state index contributed by atoms with van der Waals surface area (Å²) < 4.78 is 6.61. The highest BCUT2D eigenvalue weighted by Crippen LogP contribution is 2.21. The highest BCUT2D eigenvalue weighted by atomic mass is 16.5. The van der Waals surface area contributed by atoms with E-state index in [1.807, 2.05) is 39.0 Å². The summed E-state index contributed by atoms with van der Waals surface area (Å²) in [5.41, 5.74) is 5.68. The number of nitrogen functional groups attached to an aromatic ring is 1. The van der Waals surface area contributed by atoms with E-state index in [1.54, 1.807) is 19.3 Å². The topological polar surface area (TPSA) is 110 Å². The van der Waals surface area contributed by atoms with Crippen LogP contribution in [-0.4, -0.2) is 29.1 Å². The van der Waals surface area contributed by atoms with Gasteiger partial charge in [-0.05, 0) is 24.5 Å². The van der Waals surface area contributed by atoms with E-state index in [9.17, 15) is 14.4 Å². The highest BCUT2D eigenvalue weighted by molar-refractivity contribution is 6.05. The maximum absolute atomic E-state index is 13.0. The molecule has 3 N–H and O–H groups in total. The number of H-pyrrole nitrogens is 1. The van der Waals surface area contributed by atoms with Gasteiger partial charge in [0.15, 0.2) is 5.69 Å². The molecule has 0 radical (unpaired) electrons. The number of nitrogens with zero attached hydrogens (tertiary/aromatic N) is 2. The summed E-state index contributed by atoms with van der Waals surface area (Å²) in [6, 6.07) is 7.29. The van der Waals surface area contributed by atoms with Crippen molar-refractivity contribution in [1.29, 1.82) is 0 Å². The molecule has 8 nitrogen and oxygen atoms in total. The number of carbonyl (C=O) groups is 1. The molecule has 1 aromatic carbocycles. The number of para-hydroxylation sites is 1. The SMILES string of the molecule is CCCCN(C(=O)/C=C/c1ccccc1OC)c1c(N)n(CC(C)C)c(=O)[nH]c1=O. The van der Waals surface area contributed by atoms with Crippen LogP contribution in [0.5, 0.6) is 5.75 Å². The number of unbranched alkanes of at least 4 members (excludes halogenated alkanes) is 1. The van der Waals surface area contributed by atoms with Crippen molar-refractivity contribution in [1.82, 2.24) is 9.55 Å². The number of aromatic nitrogens is 2. The molecule has 2 rings (SSSR count). The van der Waals surface area contributed by atoms with Gasteiger partial charge in [-0.2, -0.15) is 0 Å². The number of hydrogen-bond acceptors (Lipinski definition) is 5. The molecule has 0 atom stereocenters. The molecule has 2 aromatic rings. The molecule has 1 heterocycles. The van der Waals surface area contributed by atoms with Gasteiger partial charge in [0.1, 0.15) is 11.6 Å². The molecule has 0 saturated carbocycles. The predicted octanol–water partition coefficient (Wildman–Crippen LogP) is 2.63. The first-order valence-corrected chi connectivity index (χ1v) is 10.0. The maximum atomic E-state index is 13.0. The van der Waals surface area contributed by atoms with Gasteiger partial charge in [-0.3, -0.25) is 19.1 Å². The van der Waals surface area contributed by atoms with Crippen LogP contribution in [0.3, 0.4) is 0 Å². The Kier molecular flexibility index (Phi) is 8.03. The summed E-state index contributed by atoms with van der Waals surface area (Å²) >= 11 is 0. The number of nitrogens with one attached hydrogen (secondary N) is 1. The standard InChI is InChI=1S/C22H30N4O4/c1-5-6-13-25(18(27)12-11-16-9-7-8-10-17(16)30-4)19-20(23)26(14-15(2)3)22(29)24-21(19)28/h7-12,15H,5-6,13-14,23H2,1-4H3,(H,24,28,29)/b12-11+. The molecule has 0 saturated heterocycles. The van der Waals surface area contributed by atoms with Crippen LogP contribution < -0.4 is 26.6 Å². The van der Waals surface area contributed by atoms with E-state index in [-0.39, 0.29) is 17.4 Å². The van der Waals surface area contributed by atoms with Crippen LogP contribution in [0, 0.1) is 5.92 Å². The number of methoxy groups -OCH3 is 1. The zero-order valence-corrected chi connectivity index (χ0v) is 18.0. The Morgan fingerprint density at radius 1 is 1.30 bits per heavy atom. The van der Waals surface area contributed by atoms with E-state index in [1.165, 1.54) is 15.5 Å². The molecule has 8 heteroatoms. The number of hydrogen-bond donors (Lipinski definition) is 2. The molecule has 30 heavy (non-hydrogen) atoms. The number of aromatic amines is 1. The van der Waals surface area contributed by atoms with Crippen LogP contribution in [0.1, 0.15) is 39.2 Å². The van der Waals surface area contributed by atoms with Gasteiger partial charge in [-0.1, -0.05) is 45.4 Å². The first kappa shape index (κ1) is 23.0. The quantitative estimate of drug-likeness (QED) is 0.613. The molecule has 0 unspecified atom stereocenters. The largest absolute Gasteiger partial charge is 0.496 e. The number of anilines is 2. The molecule has 0 bridgehead atoms. The zero-order chi connectivity index (χ0) is 22.3. The molecule has 0 aliphatic carbocycles. The Hall–Kier alpha value is -3.29. The number of amides is 1. The van der Waals surface area contributed by atoms with Crippen LogP contribution >= 0.6 is 0 Å². The van der Waals surface area contributed by atoms with Crippen molar-refractivity contribution in [3.63, 3.8) is 0 Å². The Morgan fingerprint density at radius 3 is 2.63 bits per heavy atom. The monoisotopic (exact) mass is 414 g/mol. The van der Waals surface area contributed by atoms with Crippen molar-refractivity contribution in [2.45, 2.75) is 40.2 Å². The first-order valence-electron chi connectivity index (χ1n) is 10.0. The van der Waals surface area contributed by atoms with Gasteiger partial charge in [-0.25, -0.2) is 4.79 Å². The third kappa shape index (κ3) is 5.40. The Bertz CT molecular complexity index is 1020. The summed E-state index contributed by atoms with van der Waals surface area (Å²) in [4.78, 5) is 41.5. The first-order chi connectivity index (χ1) is 14.3. The third-order valence-electron chi connectivity index (χ3n) is 4.58. The van der Waals surface area contributed by atoms with Gasteiger partial charge in [-0.15, -0.1) is 0 Å². The fourth-order valence-corrected chi connectivity index (χ4v) is 3.09. The predicted molar refractivity (Wildman–Crippen MR) is 120 cm³/mol. The zero-order valence-electron chi connectivity index (χ0n) is 18.0. The van der Waals surface area contributed by atoms with Crippen molar-refractivity contribution in [2.24, 2.45) is 5.92 Å². The maximum Gasteiger partial charge on any atom is 0.330 e. The van der Waals surface area contributed by atoms with E-state index in [0.29, 0.717) is 25.3 Å². The molecule has 1 amide bonds. The number of ether oxygens (including phenoxy) is 1. The number of rotatable bonds is 9. The second kappa shape index (κ2) is 10.5. The van der Waals surface area contributed by atoms with Crippen molar-refractivity contribution in [2.75, 3.05) is 24.3 Å². The average molecular weight is 415 g/mol. The second-order valence-electron chi connectivity index (χ2n) is 7.42. The Balaban J connectivity index is 2.49. The van der Waals surface area contributed by atoms with Crippen LogP contribution in [0.4, 0.5) is 11.5 Å². The number of nitrogens with two attached hydrogens (primary N) is 1. The summed E-state index contributed by atoms with van der Waals surface area (Å²) in [6.07, 6.45) is 4.51. The average Bonchev–Trinajstić information content (AvgIpc) is 2.71. The fraction of sp³-hybridized carbons (Fsp3) is 0.409. The van der Waals surface area contributed by atoms with Crippen molar-refractivity contribution < 1.29 is 9.53 Å². The minimum atomic E-state index is -0.673. The van der Waals surface area contributed by atoms with Crippen LogP contribution in [0.2, 0.25) is 0 Å². The molecule has 0 aliphatic rings. The minimum Gasteiger partial charge on any atom is -0.496 e. The summed E-state index contributed by atoms with van der Waals surface area (Å²) in [7, 11) is 1.56. The Labute approximate surface area is 176 Å². The summed E-state index contributed by atoms with van der Waals surface area (Å²) in [5.74, 6) is 0.354. The van der Waals surface area contributed by atoms with Gasteiger partial charge < -0.3 is 15.4 Å². The van der Waals surface area contributed by atoms with Gasteiger partial charge >= 0.3 is 5.69 Å². The molecule has 0 aliphatic heterocycles. The smallest absolute Gasteiger partial charge is 0.330 e. The third-order valence-corrected chi connectivity index (χ3v) is 4.58. The lowest BCUT2D eigenvalue weighted by Gasteiger charge is -2.23. The minimum absolute atomic E-state index is 0.00150. The lowest BCUT2D eigenvalue weighted by atomic mass is 10.2. The Morgan fingerprint density at radius 2 is 2.00 bits per heavy atom. The van der Waals surface area contributed by atoms with E-state index in [2.05, 4.69) is 4.98 Å². The van der Waals surface area contributed by atoms with Crippen LogP contribution in [-0.2, 0) is 11.3 Å². The van der Waals surface area contributed by atoms with Crippen molar-refractivity contribution in [3.8, 4) is 5.75 Å². The lowest BCUT2D eigenvalue weighted by molar-refractivity contribution is -0.114. The molecule has 0 spiro atoms. The van der Waals surface area contributed by atoms with Crippen molar-refractivity contribution >= 4 is 23.5 Å².